The lowest BCUT2D eigenvalue weighted by Crippen LogP contribution is -2.42. The van der Waals surface area contributed by atoms with Gasteiger partial charge in [0, 0.05) is 30.9 Å². The maximum absolute atomic E-state index is 11.9. The van der Waals surface area contributed by atoms with Gasteiger partial charge in [0.15, 0.2) is 6.10 Å². The molecular formula is C21H22ClN3O4. The minimum Gasteiger partial charge on any atom is -0.464 e. The number of rotatable bonds is 4. The van der Waals surface area contributed by atoms with Gasteiger partial charge in [-0.1, -0.05) is 23.7 Å². The number of aromatic nitrogens is 1. The first kappa shape index (κ1) is 19.8. The Morgan fingerprint density at radius 2 is 2.07 bits per heavy atom. The van der Waals surface area contributed by atoms with Crippen LogP contribution in [0.25, 0.3) is 0 Å². The number of fused-ring (bicyclic) bond motifs is 2. The zero-order valence-electron chi connectivity index (χ0n) is 16.1. The predicted molar refractivity (Wildman–Crippen MR) is 106 cm³/mol. The Morgan fingerprint density at radius 3 is 2.69 bits per heavy atom. The van der Waals surface area contributed by atoms with Crippen molar-refractivity contribution < 1.29 is 19.1 Å². The number of pyridine rings is 1. The second-order valence-corrected chi connectivity index (χ2v) is 7.88. The van der Waals surface area contributed by atoms with Gasteiger partial charge < -0.3 is 15.2 Å². The summed E-state index contributed by atoms with van der Waals surface area (Å²) < 4.78 is 10.9. The number of hydrogen-bond acceptors (Lipinski definition) is 6. The molecule has 0 aliphatic carbocycles. The number of carbonyl (C=O) groups is 2. The molecule has 1 fully saturated rings. The van der Waals surface area contributed by atoms with Crippen LogP contribution in [0.1, 0.15) is 46.1 Å². The summed E-state index contributed by atoms with van der Waals surface area (Å²) in [4.78, 5) is 29.9. The average Bonchev–Trinajstić information content (AvgIpc) is 3.03. The third kappa shape index (κ3) is 3.73. The standard InChI is InChI=1S/C21H22ClN3O4/c1-28-20(27)17-5-2-13(11-24-17)12-25-8-6-21(7-9-25)16-10-14(22)3-4-15(16)18(29-21)19(23)26/h2-5,10-11,18H,6-9,12H2,1H3,(H2,23,26). The van der Waals surface area contributed by atoms with E-state index in [2.05, 4.69) is 14.6 Å². The molecule has 3 heterocycles. The SMILES string of the molecule is COC(=O)c1ccc(CN2CCC3(CC2)OC(C(N)=O)c2ccc(Cl)cc23)cn1. The lowest BCUT2D eigenvalue weighted by molar-refractivity contribution is -0.148. The normalized spacial score (nSPS) is 20.4. The second kappa shape index (κ2) is 7.74. The van der Waals surface area contributed by atoms with Crippen LogP contribution in [0.5, 0.6) is 0 Å². The van der Waals surface area contributed by atoms with E-state index in [9.17, 15) is 9.59 Å². The van der Waals surface area contributed by atoms with E-state index in [4.69, 9.17) is 22.1 Å². The fourth-order valence-corrected chi connectivity index (χ4v) is 4.35. The first-order valence-electron chi connectivity index (χ1n) is 9.44. The van der Waals surface area contributed by atoms with Crippen LogP contribution in [0.2, 0.25) is 5.02 Å². The summed E-state index contributed by atoms with van der Waals surface area (Å²) in [7, 11) is 1.33. The van der Waals surface area contributed by atoms with Gasteiger partial charge in [0.25, 0.3) is 5.91 Å². The highest BCUT2D eigenvalue weighted by Crippen LogP contribution is 2.50. The largest absolute Gasteiger partial charge is 0.464 e. The Balaban J connectivity index is 1.46. The lowest BCUT2D eigenvalue weighted by Gasteiger charge is -2.39. The Hall–Kier alpha value is -2.48. The summed E-state index contributed by atoms with van der Waals surface area (Å²) in [6.07, 6.45) is 2.43. The molecule has 2 aliphatic heterocycles. The molecule has 29 heavy (non-hydrogen) atoms. The van der Waals surface area contributed by atoms with E-state index in [0.717, 1.165) is 42.6 Å². The molecule has 152 valence electrons. The molecule has 1 atom stereocenters. The van der Waals surface area contributed by atoms with Gasteiger partial charge in [0.2, 0.25) is 0 Å². The number of ether oxygens (including phenoxy) is 2. The number of likely N-dealkylation sites (tertiary alicyclic amines) is 1. The number of esters is 1. The van der Waals surface area contributed by atoms with Crippen molar-refractivity contribution in [2.75, 3.05) is 20.2 Å². The van der Waals surface area contributed by atoms with Gasteiger partial charge in [-0.2, -0.15) is 0 Å². The second-order valence-electron chi connectivity index (χ2n) is 7.45. The molecule has 7 nitrogen and oxygen atoms in total. The quantitative estimate of drug-likeness (QED) is 0.771. The van der Waals surface area contributed by atoms with Crippen molar-refractivity contribution in [1.29, 1.82) is 0 Å². The molecule has 1 saturated heterocycles. The van der Waals surface area contributed by atoms with Crippen molar-refractivity contribution in [3.05, 3.63) is 63.9 Å². The van der Waals surface area contributed by atoms with Crippen LogP contribution < -0.4 is 5.73 Å². The monoisotopic (exact) mass is 415 g/mol. The highest BCUT2D eigenvalue weighted by molar-refractivity contribution is 6.30. The van der Waals surface area contributed by atoms with Crippen LogP contribution in [-0.2, 0) is 26.4 Å². The van der Waals surface area contributed by atoms with Crippen molar-refractivity contribution in [3.8, 4) is 0 Å². The first-order valence-corrected chi connectivity index (χ1v) is 9.82. The van der Waals surface area contributed by atoms with Gasteiger partial charge in [0.1, 0.15) is 5.69 Å². The van der Waals surface area contributed by atoms with E-state index >= 15 is 0 Å². The molecule has 0 saturated carbocycles. The molecule has 1 spiro atoms. The number of amides is 1. The van der Waals surface area contributed by atoms with Crippen LogP contribution >= 0.6 is 11.6 Å². The van der Waals surface area contributed by atoms with Gasteiger partial charge in [0.05, 0.1) is 12.7 Å². The van der Waals surface area contributed by atoms with Gasteiger partial charge in [-0.05, 0) is 47.7 Å². The fourth-order valence-electron chi connectivity index (χ4n) is 4.18. The maximum atomic E-state index is 11.9. The van der Waals surface area contributed by atoms with Gasteiger partial charge >= 0.3 is 5.97 Å². The summed E-state index contributed by atoms with van der Waals surface area (Å²) in [5.41, 5.74) is 8.12. The van der Waals surface area contributed by atoms with Gasteiger partial charge in [-0.15, -0.1) is 0 Å². The lowest BCUT2D eigenvalue weighted by atomic mass is 9.83. The molecule has 0 bridgehead atoms. The number of nitrogens with zero attached hydrogens (tertiary/aromatic N) is 2. The Labute approximate surface area is 173 Å². The van der Waals surface area contributed by atoms with Crippen LogP contribution in [0, 0.1) is 0 Å². The van der Waals surface area contributed by atoms with E-state index in [1.165, 1.54) is 7.11 Å². The van der Waals surface area contributed by atoms with Crippen molar-refractivity contribution in [2.45, 2.75) is 31.1 Å². The maximum Gasteiger partial charge on any atom is 0.356 e. The Kier molecular flexibility index (Phi) is 5.29. The zero-order valence-corrected chi connectivity index (χ0v) is 16.8. The summed E-state index contributed by atoms with van der Waals surface area (Å²) in [6, 6.07) is 9.04. The molecule has 2 aliphatic rings. The van der Waals surface area contributed by atoms with Crippen molar-refractivity contribution in [2.24, 2.45) is 5.73 Å². The number of primary amides is 1. The smallest absolute Gasteiger partial charge is 0.356 e. The van der Waals surface area contributed by atoms with Crippen LogP contribution in [0.4, 0.5) is 0 Å². The summed E-state index contributed by atoms with van der Waals surface area (Å²) >= 11 is 6.21. The topological polar surface area (TPSA) is 94.7 Å². The highest BCUT2D eigenvalue weighted by atomic mass is 35.5. The molecule has 1 aromatic heterocycles. The summed E-state index contributed by atoms with van der Waals surface area (Å²) in [5, 5.41) is 0.621. The highest BCUT2D eigenvalue weighted by Gasteiger charge is 2.48. The van der Waals surface area contributed by atoms with Crippen LogP contribution in [0.15, 0.2) is 36.5 Å². The summed E-state index contributed by atoms with van der Waals surface area (Å²) in [5.74, 6) is -0.930. The molecule has 1 unspecified atom stereocenters. The number of benzene rings is 1. The van der Waals surface area contributed by atoms with E-state index in [-0.39, 0.29) is 0 Å². The van der Waals surface area contributed by atoms with Gasteiger partial charge in [-0.3, -0.25) is 9.69 Å². The number of nitrogens with two attached hydrogens (primary N) is 1. The van der Waals surface area contributed by atoms with Crippen LogP contribution in [-0.4, -0.2) is 42.0 Å². The molecule has 2 aromatic rings. The molecule has 0 radical (unpaired) electrons. The number of methoxy groups -OCH3 is 1. The van der Waals surface area contributed by atoms with E-state index < -0.39 is 23.6 Å². The molecule has 8 heteroatoms. The third-order valence-electron chi connectivity index (χ3n) is 5.68. The molecule has 1 amide bonds. The molecule has 2 N–H and O–H groups in total. The van der Waals surface area contributed by atoms with E-state index in [0.29, 0.717) is 17.3 Å². The number of carbonyl (C=O) groups excluding carboxylic acids is 2. The van der Waals surface area contributed by atoms with Crippen LogP contribution in [0.3, 0.4) is 0 Å². The number of halogens is 1. The Bertz CT molecular complexity index is 939. The molecule has 4 rings (SSSR count). The van der Waals surface area contributed by atoms with E-state index in [1.54, 1.807) is 18.3 Å². The van der Waals surface area contributed by atoms with Gasteiger partial charge in [-0.25, -0.2) is 9.78 Å². The summed E-state index contributed by atoms with van der Waals surface area (Å²) in [6.45, 7) is 2.29. The van der Waals surface area contributed by atoms with Crippen molar-refractivity contribution in [3.63, 3.8) is 0 Å². The molecule has 1 aromatic carbocycles. The average molecular weight is 416 g/mol. The third-order valence-corrected chi connectivity index (χ3v) is 5.91. The fraction of sp³-hybridized carbons (Fsp3) is 0.381. The first-order chi connectivity index (χ1) is 13.9. The minimum absolute atomic E-state index is 0.291. The Morgan fingerprint density at radius 1 is 1.31 bits per heavy atom. The zero-order chi connectivity index (χ0) is 20.6. The number of hydrogen-bond donors (Lipinski definition) is 1. The molecular weight excluding hydrogens is 394 g/mol. The number of piperidine rings is 1. The van der Waals surface area contributed by atoms with E-state index in [1.807, 2.05) is 18.2 Å². The predicted octanol–water partition coefficient (Wildman–Crippen LogP) is 2.57. The minimum atomic E-state index is -0.733. The van der Waals surface area contributed by atoms with Crippen molar-refractivity contribution >= 4 is 23.5 Å². The van der Waals surface area contributed by atoms with Crippen molar-refractivity contribution in [1.82, 2.24) is 9.88 Å².